The maximum Gasteiger partial charge on any atom is 0.179 e. The summed E-state index contributed by atoms with van der Waals surface area (Å²) in [7, 11) is 1.92. The van der Waals surface area contributed by atoms with E-state index < -0.39 is 21.3 Å². The third kappa shape index (κ3) is 3.30. The van der Waals surface area contributed by atoms with E-state index in [0.717, 1.165) is 17.5 Å². The van der Waals surface area contributed by atoms with Gasteiger partial charge in [-0.3, -0.25) is 4.79 Å². The summed E-state index contributed by atoms with van der Waals surface area (Å²) >= 11 is 3.62. The van der Waals surface area contributed by atoms with Crippen LogP contribution >= 0.6 is 15.9 Å². The minimum absolute atomic E-state index is 0.0957. The Labute approximate surface area is 171 Å². The second kappa shape index (κ2) is 7.18. The van der Waals surface area contributed by atoms with Crippen molar-refractivity contribution in [3.63, 3.8) is 0 Å². The van der Waals surface area contributed by atoms with Crippen LogP contribution in [0, 0.1) is 0 Å². The van der Waals surface area contributed by atoms with Gasteiger partial charge in [0.1, 0.15) is 16.5 Å². The van der Waals surface area contributed by atoms with Crippen LogP contribution in [0.15, 0.2) is 34.8 Å². The standard InChI is InChI=1S/C20H24BrNO4S/c1-19(2,3)27(24)22-9-7-13-10-16(25-4)17(26-5)12-15(13)20(22)8-6-14(23)11-18(20)21/h6,8,10-12H,7,9H2,1-5H3/t20-,27+/m0/s1. The lowest BCUT2D eigenvalue weighted by Crippen LogP contribution is -2.54. The van der Waals surface area contributed by atoms with Crippen molar-refractivity contribution < 1.29 is 18.5 Å². The highest BCUT2D eigenvalue weighted by molar-refractivity contribution is 9.11. The van der Waals surface area contributed by atoms with Crippen LogP contribution < -0.4 is 9.47 Å². The van der Waals surface area contributed by atoms with Crippen LogP contribution in [0.4, 0.5) is 0 Å². The van der Waals surface area contributed by atoms with Gasteiger partial charge in [0.2, 0.25) is 0 Å². The van der Waals surface area contributed by atoms with Crippen molar-refractivity contribution in [2.75, 3.05) is 20.8 Å². The van der Waals surface area contributed by atoms with Crippen LogP contribution in [-0.2, 0) is 27.7 Å². The quantitative estimate of drug-likeness (QED) is 0.700. The molecular formula is C20H24BrNO4S. The summed E-state index contributed by atoms with van der Waals surface area (Å²) in [6.45, 7) is 6.45. The van der Waals surface area contributed by atoms with Crippen molar-refractivity contribution in [2.45, 2.75) is 37.5 Å². The maximum absolute atomic E-state index is 13.4. The zero-order valence-electron chi connectivity index (χ0n) is 16.2. The SMILES string of the molecule is COc1cc2c(cc1OC)[C@]1(C=CC(=O)C=C1Br)N([S@](=O)C(C)(C)C)CC2. The van der Waals surface area contributed by atoms with Gasteiger partial charge in [-0.2, -0.15) is 0 Å². The van der Waals surface area contributed by atoms with Gasteiger partial charge in [-0.15, -0.1) is 0 Å². The van der Waals surface area contributed by atoms with E-state index in [0.29, 0.717) is 22.5 Å². The van der Waals surface area contributed by atoms with Crippen LogP contribution in [0.1, 0.15) is 31.9 Å². The monoisotopic (exact) mass is 453 g/mol. The summed E-state index contributed by atoms with van der Waals surface area (Å²) in [5.41, 5.74) is 1.20. The van der Waals surface area contributed by atoms with E-state index in [1.807, 2.05) is 43.3 Å². The van der Waals surface area contributed by atoms with Crippen LogP contribution in [-0.4, -0.2) is 39.8 Å². The molecule has 1 aliphatic heterocycles. The molecule has 2 aliphatic rings. The van der Waals surface area contributed by atoms with Crippen molar-refractivity contribution in [3.05, 3.63) is 46.0 Å². The molecule has 0 unspecified atom stereocenters. The average Bonchev–Trinajstić information content (AvgIpc) is 2.62. The second-order valence-electron chi connectivity index (χ2n) is 7.57. The molecule has 1 aromatic rings. The van der Waals surface area contributed by atoms with E-state index in [1.165, 1.54) is 0 Å². The zero-order chi connectivity index (χ0) is 20.0. The smallest absolute Gasteiger partial charge is 0.179 e. The summed E-state index contributed by atoms with van der Waals surface area (Å²) < 4.78 is 26.6. The summed E-state index contributed by atoms with van der Waals surface area (Å²) in [6.07, 6.45) is 5.66. The number of carbonyl (C=O) groups is 1. The molecule has 0 bridgehead atoms. The zero-order valence-corrected chi connectivity index (χ0v) is 18.6. The van der Waals surface area contributed by atoms with Gasteiger partial charge in [0.15, 0.2) is 17.3 Å². The van der Waals surface area contributed by atoms with Crippen LogP contribution in [0.25, 0.3) is 0 Å². The molecule has 1 aliphatic carbocycles. The van der Waals surface area contributed by atoms with Gasteiger partial charge in [-0.1, -0.05) is 22.0 Å². The molecule has 0 fully saturated rings. The van der Waals surface area contributed by atoms with Gasteiger partial charge in [-0.05, 0) is 62.6 Å². The van der Waals surface area contributed by atoms with E-state index in [2.05, 4.69) is 15.9 Å². The number of benzene rings is 1. The molecule has 27 heavy (non-hydrogen) atoms. The average molecular weight is 454 g/mol. The van der Waals surface area contributed by atoms with Crippen molar-refractivity contribution in [3.8, 4) is 11.5 Å². The van der Waals surface area contributed by atoms with E-state index >= 15 is 0 Å². The molecule has 146 valence electrons. The number of carbonyl (C=O) groups excluding carboxylic acids is 1. The first-order chi connectivity index (χ1) is 12.6. The van der Waals surface area contributed by atoms with Gasteiger partial charge in [0.25, 0.3) is 0 Å². The lowest BCUT2D eigenvalue weighted by molar-refractivity contribution is -0.110. The molecule has 0 N–H and O–H groups in total. The first kappa shape index (κ1) is 20.3. The summed E-state index contributed by atoms with van der Waals surface area (Å²) in [4.78, 5) is 12.0. The van der Waals surface area contributed by atoms with E-state index in [1.54, 1.807) is 26.4 Å². The minimum atomic E-state index is -1.29. The molecule has 0 saturated carbocycles. The highest BCUT2D eigenvalue weighted by Gasteiger charge is 2.49. The molecule has 0 saturated heterocycles. The van der Waals surface area contributed by atoms with Gasteiger partial charge in [0, 0.05) is 11.0 Å². The second-order valence-corrected chi connectivity index (χ2v) is 10.6. The molecule has 3 rings (SSSR count). The number of nitrogens with zero attached hydrogens (tertiary/aromatic N) is 1. The molecule has 1 spiro atoms. The van der Waals surface area contributed by atoms with Crippen LogP contribution in [0.3, 0.4) is 0 Å². The molecule has 0 amide bonds. The van der Waals surface area contributed by atoms with Crippen molar-refractivity contribution >= 4 is 32.7 Å². The first-order valence-corrected chi connectivity index (χ1v) is 10.6. The Morgan fingerprint density at radius 3 is 2.37 bits per heavy atom. The minimum Gasteiger partial charge on any atom is -0.493 e. The largest absolute Gasteiger partial charge is 0.493 e. The first-order valence-electron chi connectivity index (χ1n) is 8.71. The molecule has 1 heterocycles. The molecule has 5 nitrogen and oxygen atoms in total. The third-order valence-corrected chi connectivity index (χ3v) is 7.60. The Balaban J connectivity index is 2.29. The van der Waals surface area contributed by atoms with Crippen molar-refractivity contribution in [2.24, 2.45) is 0 Å². The number of rotatable bonds is 3. The molecule has 1 aromatic carbocycles. The molecule has 2 atom stereocenters. The van der Waals surface area contributed by atoms with Gasteiger partial charge in [0.05, 0.1) is 19.0 Å². The highest BCUT2D eigenvalue weighted by Crippen LogP contribution is 2.50. The van der Waals surface area contributed by atoms with Gasteiger partial charge >= 0.3 is 0 Å². The predicted octanol–water partition coefficient (Wildman–Crippen LogP) is 3.64. The van der Waals surface area contributed by atoms with Crippen molar-refractivity contribution in [1.29, 1.82) is 0 Å². The Morgan fingerprint density at radius 2 is 1.81 bits per heavy atom. The number of halogens is 1. The third-order valence-electron chi connectivity index (χ3n) is 4.84. The fourth-order valence-corrected chi connectivity index (χ4v) is 5.89. The van der Waals surface area contributed by atoms with Crippen molar-refractivity contribution in [1.82, 2.24) is 4.31 Å². The van der Waals surface area contributed by atoms with E-state index in [-0.39, 0.29) is 5.78 Å². The Morgan fingerprint density at radius 1 is 1.19 bits per heavy atom. The Hall–Kier alpha value is -1.44. The predicted molar refractivity (Wildman–Crippen MR) is 111 cm³/mol. The summed E-state index contributed by atoms with van der Waals surface area (Å²) in [6, 6.07) is 3.90. The number of fused-ring (bicyclic) bond motifs is 2. The summed E-state index contributed by atoms with van der Waals surface area (Å²) in [5, 5.41) is 0. The fraction of sp³-hybridized carbons (Fsp3) is 0.450. The number of hydrogen-bond donors (Lipinski definition) is 0. The molecule has 0 aromatic heterocycles. The number of ketones is 1. The lowest BCUT2D eigenvalue weighted by Gasteiger charge is -2.48. The van der Waals surface area contributed by atoms with Crippen LogP contribution in [0.2, 0.25) is 0 Å². The van der Waals surface area contributed by atoms with Crippen LogP contribution in [0.5, 0.6) is 11.5 Å². The maximum atomic E-state index is 13.4. The molecule has 7 heteroatoms. The highest BCUT2D eigenvalue weighted by atomic mass is 79.9. The fourth-order valence-electron chi connectivity index (χ4n) is 3.55. The van der Waals surface area contributed by atoms with Gasteiger partial charge in [-0.25, -0.2) is 8.51 Å². The topological polar surface area (TPSA) is 55.8 Å². The Kier molecular flexibility index (Phi) is 5.40. The van der Waals surface area contributed by atoms with Gasteiger partial charge < -0.3 is 9.47 Å². The molecular weight excluding hydrogens is 430 g/mol. The molecule has 0 radical (unpaired) electrons. The number of methoxy groups -OCH3 is 2. The normalized spacial score (nSPS) is 23.8. The van der Waals surface area contributed by atoms with E-state index in [4.69, 9.17) is 9.47 Å². The number of ether oxygens (including phenoxy) is 2. The summed E-state index contributed by atoms with van der Waals surface area (Å²) in [5.74, 6) is 1.17. The lowest BCUT2D eigenvalue weighted by atomic mass is 9.79. The Bertz CT molecular complexity index is 871. The number of hydrogen-bond acceptors (Lipinski definition) is 4. The number of allylic oxidation sites excluding steroid dienone is 2. The van der Waals surface area contributed by atoms with E-state index in [9.17, 15) is 9.00 Å².